The molecule has 1 rings (SSSR count). The predicted molar refractivity (Wildman–Crippen MR) is 119 cm³/mol. The van der Waals surface area contributed by atoms with E-state index in [-0.39, 0.29) is 36.7 Å². The van der Waals surface area contributed by atoms with Crippen molar-refractivity contribution in [1.82, 2.24) is 10.6 Å². The molecule has 0 saturated carbocycles. The van der Waals surface area contributed by atoms with Crippen LogP contribution in [-0.2, 0) is 20.8 Å². The van der Waals surface area contributed by atoms with E-state index in [9.17, 15) is 14.4 Å². The van der Waals surface area contributed by atoms with Gasteiger partial charge in [-0.2, -0.15) is 0 Å². The van der Waals surface area contributed by atoms with E-state index >= 15 is 0 Å². The molecule has 30 heavy (non-hydrogen) atoms. The van der Waals surface area contributed by atoms with Crippen molar-refractivity contribution < 1.29 is 19.5 Å². The largest absolute Gasteiger partial charge is 0.397 e. The Kier molecular flexibility index (Phi) is 15.2. The predicted octanol–water partition coefficient (Wildman–Crippen LogP) is 0.368. The summed E-state index contributed by atoms with van der Waals surface area (Å²) in [6.45, 7) is 5.99. The van der Waals surface area contributed by atoms with Gasteiger partial charge in [0.25, 0.3) is 0 Å². The number of ketones is 1. The summed E-state index contributed by atoms with van der Waals surface area (Å²) in [5, 5.41) is 12.9. The highest BCUT2D eigenvalue weighted by Crippen LogP contribution is 2.12. The minimum Gasteiger partial charge on any atom is -0.397 e. The van der Waals surface area contributed by atoms with E-state index in [0.29, 0.717) is 32.4 Å². The van der Waals surface area contributed by atoms with E-state index in [0.717, 1.165) is 5.56 Å². The van der Waals surface area contributed by atoms with Crippen LogP contribution in [0.25, 0.3) is 0 Å². The number of aliphatic hydroxyl groups excluding tert-OH is 1. The van der Waals surface area contributed by atoms with Gasteiger partial charge in [0.1, 0.15) is 0 Å². The topological polar surface area (TPSA) is 148 Å². The second-order valence-electron chi connectivity index (χ2n) is 7.25. The Morgan fingerprint density at radius 3 is 2.10 bits per heavy atom. The van der Waals surface area contributed by atoms with Gasteiger partial charge in [-0.1, -0.05) is 44.2 Å². The van der Waals surface area contributed by atoms with Crippen LogP contribution in [0.1, 0.15) is 39.2 Å². The van der Waals surface area contributed by atoms with Gasteiger partial charge in [0.2, 0.25) is 11.8 Å². The number of carbonyl (C=O) groups is 3. The first-order valence-corrected chi connectivity index (χ1v) is 10.5. The third-order valence-electron chi connectivity index (χ3n) is 4.34. The molecule has 0 bridgehead atoms. The lowest BCUT2D eigenvalue weighted by molar-refractivity contribution is -0.131. The van der Waals surface area contributed by atoms with Crippen molar-refractivity contribution in [1.29, 1.82) is 0 Å². The molecule has 0 fully saturated rings. The lowest BCUT2D eigenvalue weighted by Gasteiger charge is -2.20. The zero-order valence-electron chi connectivity index (χ0n) is 18.4. The van der Waals surface area contributed by atoms with Crippen molar-refractivity contribution in [3.8, 4) is 0 Å². The van der Waals surface area contributed by atoms with Crippen molar-refractivity contribution in [2.24, 2.45) is 23.3 Å². The van der Waals surface area contributed by atoms with Crippen LogP contribution in [0.3, 0.4) is 0 Å². The molecule has 0 heterocycles. The Morgan fingerprint density at radius 1 is 1.03 bits per heavy atom. The van der Waals surface area contributed by atoms with E-state index < -0.39 is 11.9 Å². The highest BCUT2D eigenvalue weighted by Gasteiger charge is 2.23. The molecule has 8 nitrogen and oxygen atoms in total. The lowest BCUT2D eigenvalue weighted by atomic mass is 9.95. The molecule has 0 radical (unpaired) electrons. The van der Waals surface area contributed by atoms with Crippen LogP contribution in [0, 0.1) is 11.8 Å². The normalized spacial score (nSPS) is 12.4. The molecule has 2 unspecified atom stereocenters. The van der Waals surface area contributed by atoms with Crippen LogP contribution < -0.4 is 22.1 Å². The fraction of sp³-hybridized carbons (Fsp3) is 0.591. The quantitative estimate of drug-likeness (QED) is 0.329. The van der Waals surface area contributed by atoms with Gasteiger partial charge >= 0.3 is 0 Å². The summed E-state index contributed by atoms with van der Waals surface area (Å²) >= 11 is 0. The molecule has 0 aliphatic carbocycles. The maximum Gasteiger partial charge on any atom is 0.239 e. The molecule has 7 N–H and O–H groups in total. The van der Waals surface area contributed by atoms with Gasteiger partial charge in [-0.15, -0.1) is 0 Å². The molecule has 1 aromatic carbocycles. The highest BCUT2D eigenvalue weighted by molar-refractivity contribution is 5.92. The van der Waals surface area contributed by atoms with Gasteiger partial charge in [-0.25, -0.2) is 0 Å². The van der Waals surface area contributed by atoms with Crippen LogP contribution in [0.4, 0.5) is 0 Å². The van der Waals surface area contributed by atoms with Crippen molar-refractivity contribution in [3.63, 3.8) is 0 Å². The van der Waals surface area contributed by atoms with Gasteiger partial charge < -0.3 is 27.2 Å². The van der Waals surface area contributed by atoms with Crippen LogP contribution in [0.15, 0.2) is 30.3 Å². The summed E-state index contributed by atoms with van der Waals surface area (Å²) in [6.07, 6.45) is 1.47. The molecule has 170 valence electrons. The van der Waals surface area contributed by atoms with Gasteiger partial charge in [-0.05, 0) is 44.8 Å². The van der Waals surface area contributed by atoms with E-state index in [1.807, 2.05) is 30.3 Å². The van der Waals surface area contributed by atoms with Gasteiger partial charge in [0.05, 0.1) is 12.6 Å². The molecule has 2 atom stereocenters. The molecule has 0 saturated heterocycles. The average molecular weight is 423 g/mol. The fourth-order valence-electron chi connectivity index (χ4n) is 2.84. The number of hydrogen-bond donors (Lipinski definition) is 5. The second kappa shape index (κ2) is 16.5. The van der Waals surface area contributed by atoms with Crippen molar-refractivity contribution in [2.45, 2.75) is 46.1 Å². The Hall–Kier alpha value is -2.29. The molecule has 1 aromatic rings. The first kappa shape index (κ1) is 27.7. The second-order valence-corrected chi connectivity index (χ2v) is 7.25. The standard InChI is InChI=1S/C20H32N4O3.C2H6O/c1-14(2)19(26)17(9-11-22)24-18(25)13-23-20(27)16(8-10-21)12-15-6-4-3-5-7-15;1-2-3/h3-7,14,16-17H,8-13,21-22H2,1-2H3,(H,23,27)(H,24,25);3H,2H2,1H3. The molecular formula is C22H38N4O4. The third-order valence-corrected chi connectivity index (χ3v) is 4.34. The molecular weight excluding hydrogens is 384 g/mol. The number of aliphatic hydroxyl groups is 1. The van der Waals surface area contributed by atoms with Crippen molar-refractivity contribution in [3.05, 3.63) is 35.9 Å². The Bertz CT molecular complexity index is 623. The van der Waals surface area contributed by atoms with Crippen molar-refractivity contribution in [2.75, 3.05) is 26.2 Å². The summed E-state index contributed by atoms with van der Waals surface area (Å²) < 4.78 is 0. The van der Waals surface area contributed by atoms with Crippen LogP contribution in [0.5, 0.6) is 0 Å². The molecule has 8 heteroatoms. The zero-order valence-corrected chi connectivity index (χ0v) is 18.4. The van der Waals surface area contributed by atoms with Crippen LogP contribution in [-0.4, -0.2) is 55.0 Å². The third kappa shape index (κ3) is 11.6. The number of benzene rings is 1. The summed E-state index contributed by atoms with van der Waals surface area (Å²) in [4.78, 5) is 36.7. The molecule has 0 aliphatic rings. The van der Waals surface area contributed by atoms with Gasteiger partial charge in [0, 0.05) is 18.4 Å². The van der Waals surface area contributed by atoms with Crippen LogP contribution >= 0.6 is 0 Å². The summed E-state index contributed by atoms with van der Waals surface area (Å²) in [7, 11) is 0. The number of nitrogens with two attached hydrogens (primary N) is 2. The first-order chi connectivity index (χ1) is 14.3. The number of carbonyl (C=O) groups excluding carboxylic acids is 3. The molecule has 2 amide bonds. The van der Waals surface area contributed by atoms with Gasteiger partial charge in [0.15, 0.2) is 5.78 Å². The zero-order chi connectivity index (χ0) is 22.9. The highest BCUT2D eigenvalue weighted by atomic mass is 16.2. The van der Waals surface area contributed by atoms with E-state index in [2.05, 4.69) is 10.6 Å². The Balaban J connectivity index is 0.00000263. The smallest absolute Gasteiger partial charge is 0.239 e. The maximum atomic E-state index is 12.5. The maximum absolute atomic E-state index is 12.5. The van der Waals surface area contributed by atoms with E-state index in [4.69, 9.17) is 16.6 Å². The van der Waals surface area contributed by atoms with Crippen LogP contribution in [0.2, 0.25) is 0 Å². The SMILES string of the molecule is CC(C)C(=O)C(CCN)NC(=O)CNC(=O)C(CCN)Cc1ccccc1.CCO. The fourth-order valence-corrected chi connectivity index (χ4v) is 2.84. The first-order valence-electron chi connectivity index (χ1n) is 10.5. The molecule has 0 aromatic heterocycles. The van der Waals surface area contributed by atoms with E-state index in [1.54, 1.807) is 20.8 Å². The molecule has 0 aliphatic heterocycles. The monoisotopic (exact) mass is 422 g/mol. The summed E-state index contributed by atoms with van der Waals surface area (Å²) in [6, 6.07) is 9.05. The number of rotatable bonds is 12. The Labute approximate surface area is 179 Å². The number of nitrogens with one attached hydrogen (secondary N) is 2. The molecule has 0 spiro atoms. The summed E-state index contributed by atoms with van der Waals surface area (Å²) in [5.41, 5.74) is 12.2. The number of Topliss-reactive ketones (excluding diaryl/α,β-unsaturated/α-hetero) is 1. The Morgan fingerprint density at radius 2 is 1.60 bits per heavy atom. The summed E-state index contributed by atoms with van der Waals surface area (Å²) in [5.74, 6) is -1.18. The van der Waals surface area contributed by atoms with Gasteiger partial charge in [-0.3, -0.25) is 14.4 Å². The number of hydrogen-bond acceptors (Lipinski definition) is 6. The van der Waals surface area contributed by atoms with E-state index in [1.165, 1.54) is 0 Å². The lowest BCUT2D eigenvalue weighted by Crippen LogP contribution is -2.48. The average Bonchev–Trinajstić information content (AvgIpc) is 2.72. The van der Waals surface area contributed by atoms with Crippen molar-refractivity contribution >= 4 is 17.6 Å². The minimum atomic E-state index is -0.622. The number of amides is 2. The minimum absolute atomic E-state index is 0.0646.